The molecule has 1 aromatic carbocycles. The van der Waals surface area contributed by atoms with Crippen molar-refractivity contribution in [2.45, 2.75) is 57.2 Å². The van der Waals surface area contributed by atoms with E-state index in [0.29, 0.717) is 18.9 Å². The molecule has 1 fully saturated rings. The minimum absolute atomic E-state index is 0.188. The molecule has 5 heteroatoms. The van der Waals surface area contributed by atoms with Crippen molar-refractivity contribution in [2.24, 2.45) is 18.9 Å². The molecule has 2 heterocycles. The number of benzene rings is 1. The van der Waals surface area contributed by atoms with E-state index in [2.05, 4.69) is 43.1 Å². The zero-order valence-electron chi connectivity index (χ0n) is 17.5. The Morgan fingerprint density at radius 3 is 3.00 bits per heavy atom. The van der Waals surface area contributed by atoms with E-state index >= 15 is 0 Å². The van der Waals surface area contributed by atoms with Gasteiger partial charge < -0.3 is 9.47 Å². The predicted octanol–water partition coefficient (Wildman–Crippen LogP) is 5.05. The number of amides is 1. The Hall–Kier alpha value is -2.01. The number of imidazole rings is 1. The zero-order valence-corrected chi connectivity index (χ0v) is 18.3. The Morgan fingerprint density at radius 2 is 2.28 bits per heavy atom. The van der Waals surface area contributed by atoms with Crippen molar-refractivity contribution in [3.8, 4) is 0 Å². The van der Waals surface area contributed by atoms with Crippen LogP contribution in [0.25, 0.3) is 0 Å². The van der Waals surface area contributed by atoms with E-state index in [4.69, 9.17) is 0 Å². The van der Waals surface area contributed by atoms with E-state index in [1.54, 1.807) is 6.20 Å². The van der Waals surface area contributed by atoms with Crippen molar-refractivity contribution >= 4 is 23.4 Å². The Bertz CT molecular complexity index is 978. The highest BCUT2D eigenvalue weighted by Crippen LogP contribution is 2.55. The number of hydrogen-bond donors (Lipinski definition) is 0. The summed E-state index contributed by atoms with van der Waals surface area (Å²) in [5.41, 5.74) is 3.85. The number of carbonyl (C=O) groups excluding carboxylic acids is 1. The third-order valence-electron chi connectivity index (χ3n) is 6.75. The molecule has 4 nitrogen and oxygen atoms in total. The number of rotatable bonds is 6. The van der Waals surface area contributed by atoms with E-state index < -0.39 is 0 Å². The summed E-state index contributed by atoms with van der Waals surface area (Å²) in [7, 11) is 1.99. The van der Waals surface area contributed by atoms with Crippen molar-refractivity contribution < 1.29 is 4.79 Å². The molecule has 152 valence electrons. The van der Waals surface area contributed by atoms with Gasteiger partial charge in [-0.05, 0) is 65.2 Å². The van der Waals surface area contributed by atoms with Gasteiger partial charge in [-0.1, -0.05) is 26.0 Å². The summed E-state index contributed by atoms with van der Waals surface area (Å²) in [6.07, 6.45) is 10.4. The van der Waals surface area contributed by atoms with Crippen LogP contribution in [0.15, 0.2) is 41.6 Å². The van der Waals surface area contributed by atoms with Gasteiger partial charge in [-0.25, -0.2) is 4.98 Å². The smallest absolute Gasteiger partial charge is 0.228 e. The number of allylic oxidation sites excluding steroid dienone is 2. The Balaban J connectivity index is 1.40. The molecule has 5 rings (SSSR count). The molecule has 0 radical (unpaired) electrons. The van der Waals surface area contributed by atoms with Crippen molar-refractivity contribution in [3.05, 3.63) is 58.5 Å². The third kappa shape index (κ3) is 3.65. The molecule has 0 bridgehead atoms. The van der Waals surface area contributed by atoms with Crippen molar-refractivity contribution in [2.75, 3.05) is 4.90 Å². The maximum atomic E-state index is 13.5. The van der Waals surface area contributed by atoms with Crippen LogP contribution in [-0.2, 0) is 24.8 Å². The van der Waals surface area contributed by atoms with Crippen LogP contribution >= 0.6 is 11.8 Å². The normalized spacial score (nSPS) is 25.3. The van der Waals surface area contributed by atoms with E-state index in [-0.39, 0.29) is 11.8 Å². The van der Waals surface area contributed by atoms with Gasteiger partial charge in [-0.3, -0.25) is 4.79 Å². The van der Waals surface area contributed by atoms with Gasteiger partial charge in [0.25, 0.3) is 0 Å². The maximum absolute atomic E-state index is 13.5. The standard InChI is InChI=1S/C24H29N3OS/c1-15-4-5-17-6-7-19(13-20(15)17)27(14-23-25-8-9-26(23)3)24(28)10-16(2)21-11-18-12-22(18)29-21/h6-9,11,13,15-16,18,22H,4-5,10,12,14H2,1-3H3/t15-,16-,18?,22?/m1/s1. The van der Waals surface area contributed by atoms with Crippen LogP contribution in [0.3, 0.4) is 0 Å². The van der Waals surface area contributed by atoms with Crippen LogP contribution in [0.4, 0.5) is 5.69 Å². The van der Waals surface area contributed by atoms with Gasteiger partial charge in [0, 0.05) is 36.8 Å². The summed E-state index contributed by atoms with van der Waals surface area (Å²) in [5, 5.41) is 0.796. The fraction of sp³-hybridized carbons (Fsp3) is 0.500. The summed E-state index contributed by atoms with van der Waals surface area (Å²) in [6, 6.07) is 6.59. The number of fused-ring (bicyclic) bond motifs is 2. The Labute approximate surface area is 177 Å². The van der Waals surface area contributed by atoms with Gasteiger partial charge in [0.05, 0.1) is 6.54 Å². The van der Waals surface area contributed by atoms with Gasteiger partial charge in [-0.15, -0.1) is 11.8 Å². The lowest BCUT2D eigenvalue weighted by molar-refractivity contribution is -0.119. The summed E-state index contributed by atoms with van der Waals surface area (Å²) in [5.74, 6) is 2.73. The quantitative estimate of drug-likeness (QED) is 0.673. The first kappa shape index (κ1) is 19.0. The first-order valence-electron chi connectivity index (χ1n) is 10.8. The van der Waals surface area contributed by atoms with Crippen molar-refractivity contribution in [1.29, 1.82) is 0 Å². The van der Waals surface area contributed by atoms with Gasteiger partial charge >= 0.3 is 0 Å². The van der Waals surface area contributed by atoms with Gasteiger partial charge in [0.15, 0.2) is 0 Å². The monoisotopic (exact) mass is 407 g/mol. The average molecular weight is 408 g/mol. The molecular formula is C24H29N3OS. The summed E-state index contributed by atoms with van der Waals surface area (Å²) >= 11 is 2.00. The van der Waals surface area contributed by atoms with E-state index in [1.807, 2.05) is 34.5 Å². The Kier molecular flexibility index (Phi) is 4.81. The lowest BCUT2D eigenvalue weighted by Gasteiger charge is -2.25. The van der Waals surface area contributed by atoms with Crippen LogP contribution in [0.1, 0.15) is 56.0 Å². The molecule has 1 amide bonds. The lowest BCUT2D eigenvalue weighted by atomic mass is 10.0. The number of nitrogens with zero attached hydrogens (tertiary/aromatic N) is 3. The Morgan fingerprint density at radius 1 is 1.41 bits per heavy atom. The number of hydrogen-bond acceptors (Lipinski definition) is 3. The van der Waals surface area contributed by atoms with Gasteiger partial charge in [0.1, 0.15) is 5.82 Å². The summed E-state index contributed by atoms with van der Waals surface area (Å²) in [6.45, 7) is 5.00. The van der Waals surface area contributed by atoms with Crippen LogP contribution in [0.5, 0.6) is 0 Å². The first-order valence-corrected chi connectivity index (χ1v) is 11.7. The molecule has 1 saturated carbocycles. The molecule has 3 aliphatic rings. The number of aromatic nitrogens is 2. The highest BCUT2D eigenvalue weighted by Gasteiger charge is 2.43. The fourth-order valence-electron chi connectivity index (χ4n) is 4.66. The predicted molar refractivity (Wildman–Crippen MR) is 119 cm³/mol. The van der Waals surface area contributed by atoms with Gasteiger partial charge in [-0.2, -0.15) is 0 Å². The number of aryl methyl sites for hydroxylation is 2. The molecular weight excluding hydrogens is 378 g/mol. The second-order valence-corrected chi connectivity index (χ2v) is 10.3. The molecule has 0 spiro atoms. The molecule has 1 aromatic heterocycles. The zero-order chi connectivity index (χ0) is 20.1. The molecule has 1 aliphatic heterocycles. The molecule has 0 saturated heterocycles. The summed E-state index contributed by atoms with van der Waals surface area (Å²) < 4.78 is 2.00. The highest BCUT2D eigenvalue weighted by molar-refractivity contribution is 8.04. The van der Waals surface area contributed by atoms with Crippen molar-refractivity contribution in [3.63, 3.8) is 0 Å². The first-order chi connectivity index (χ1) is 14.0. The number of thioether (sulfide) groups is 1. The second-order valence-electron chi connectivity index (χ2n) is 8.99. The minimum atomic E-state index is 0.188. The van der Waals surface area contributed by atoms with Crippen LogP contribution in [0.2, 0.25) is 0 Å². The van der Waals surface area contributed by atoms with Crippen molar-refractivity contribution in [1.82, 2.24) is 9.55 Å². The fourth-order valence-corrected chi connectivity index (χ4v) is 6.15. The summed E-state index contributed by atoms with van der Waals surface area (Å²) in [4.78, 5) is 21.3. The van der Waals surface area contributed by atoms with Crippen LogP contribution < -0.4 is 4.90 Å². The molecule has 2 aromatic rings. The highest BCUT2D eigenvalue weighted by atomic mass is 32.2. The maximum Gasteiger partial charge on any atom is 0.228 e. The molecule has 29 heavy (non-hydrogen) atoms. The second kappa shape index (κ2) is 7.35. The van der Waals surface area contributed by atoms with Crippen LogP contribution in [0, 0.1) is 11.8 Å². The van der Waals surface area contributed by atoms with Crippen LogP contribution in [-0.4, -0.2) is 20.7 Å². The lowest BCUT2D eigenvalue weighted by Crippen LogP contribution is -2.32. The molecule has 2 unspecified atom stereocenters. The van der Waals surface area contributed by atoms with E-state index in [0.717, 1.165) is 29.1 Å². The van der Waals surface area contributed by atoms with E-state index in [1.165, 1.54) is 28.9 Å². The SMILES string of the molecule is C[C@H](CC(=O)N(Cc1nccn1C)c1ccc2c(c1)[C@H](C)CC2)C1=CC2CC2S1. The largest absolute Gasteiger partial charge is 0.337 e. The molecule has 2 aliphatic carbocycles. The molecule has 0 N–H and O–H groups in total. The molecule has 4 atom stereocenters. The van der Waals surface area contributed by atoms with Gasteiger partial charge in [0.2, 0.25) is 5.91 Å². The average Bonchev–Trinajstić information content (AvgIpc) is 3.02. The third-order valence-corrected chi connectivity index (χ3v) is 8.41. The topological polar surface area (TPSA) is 38.1 Å². The number of anilines is 1. The minimum Gasteiger partial charge on any atom is -0.337 e. The van der Waals surface area contributed by atoms with E-state index in [9.17, 15) is 4.79 Å². The number of carbonyl (C=O) groups is 1.